The Balaban J connectivity index is 1.39. The zero-order valence-corrected chi connectivity index (χ0v) is 17.9. The van der Waals surface area contributed by atoms with E-state index in [4.69, 9.17) is 9.72 Å². The van der Waals surface area contributed by atoms with Gasteiger partial charge in [-0.15, -0.1) is 0 Å². The van der Waals surface area contributed by atoms with E-state index in [1.54, 1.807) is 18.2 Å². The number of rotatable bonds is 7. The van der Waals surface area contributed by atoms with Gasteiger partial charge in [-0.3, -0.25) is 4.79 Å². The first-order chi connectivity index (χ1) is 14.6. The van der Waals surface area contributed by atoms with Gasteiger partial charge in [0.1, 0.15) is 0 Å². The molecular formula is C23H31N5O2. The maximum atomic E-state index is 12.3. The molecule has 0 saturated heterocycles. The van der Waals surface area contributed by atoms with E-state index in [-0.39, 0.29) is 5.91 Å². The van der Waals surface area contributed by atoms with Gasteiger partial charge in [0.25, 0.3) is 5.91 Å². The van der Waals surface area contributed by atoms with E-state index in [0.717, 1.165) is 74.2 Å². The van der Waals surface area contributed by atoms with Crippen molar-refractivity contribution in [2.45, 2.75) is 44.2 Å². The second-order valence-corrected chi connectivity index (χ2v) is 8.25. The van der Waals surface area contributed by atoms with Crippen LogP contribution in [0.2, 0.25) is 0 Å². The minimum Gasteiger partial charge on any atom is -0.383 e. The number of aromatic nitrogens is 2. The highest BCUT2D eigenvalue weighted by Gasteiger charge is 2.23. The number of hydrogen-bond donors (Lipinski definition) is 2. The van der Waals surface area contributed by atoms with Crippen LogP contribution in [0.4, 0.5) is 5.95 Å². The molecule has 160 valence electrons. The van der Waals surface area contributed by atoms with Crippen LogP contribution in [-0.4, -0.2) is 66.7 Å². The highest BCUT2D eigenvalue weighted by atomic mass is 16.5. The fourth-order valence-corrected chi connectivity index (χ4v) is 4.34. The first-order valence-electron chi connectivity index (χ1n) is 10.8. The van der Waals surface area contributed by atoms with Crippen molar-refractivity contribution < 1.29 is 9.53 Å². The number of hydrogen-bond acceptors (Lipinski definition) is 6. The van der Waals surface area contributed by atoms with Crippen molar-refractivity contribution in [3.05, 3.63) is 41.6 Å². The minimum atomic E-state index is 0.0974. The van der Waals surface area contributed by atoms with Crippen LogP contribution in [0, 0.1) is 0 Å². The third-order valence-corrected chi connectivity index (χ3v) is 6.15. The van der Waals surface area contributed by atoms with Crippen LogP contribution in [0.3, 0.4) is 0 Å². The van der Waals surface area contributed by atoms with Crippen LogP contribution in [0.5, 0.6) is 0 Å². The smallest absolute Gasteiger partial charge is 0.253 e. The lowest BCUT2D eigenvalue weighted by Crippen LogP contribution is -2.38. The van der Waals surface area contributed by atoms with E-state index in [1.807, 2.05) is 25.2 Å². The van der Waals surface area contributed by atoms with E-state index < -0.39 is 0 Å². The maximum Gasteiger partial charge on any atom is 0.253 e. The molecule has 1 saturated carbocycles. The molecule has 0 atom stereocenters. The molecule has 4 rings (SSSR count). The van der Waals surface area contributed by atoms with Gasteiger partial charge in [0.2, 0.25) is 5.95 Å². The molecule has 0 unspecified atom stereocenters. The number of amides is 1. The van der Waals surface area contributed by atoms with E-state index in [0.29, 0.717) is 18.0 Å². The molecule has 7 heteroatoms. The molecule has 2 heterocycles. The lowest BCUT2D eigenvalue weighted by Gasteiger charge is -2.29. The summed E-state index contributed by atoms with van der Waals surface area (Å²) in [6, 6.07) is 8.91. The van der Waals surface area contributed by atoms with Gasteiger partial charge < -0.3 is 20.3 Å². The second kappa shape index (κ2) is 9.53. The molecule has 2 N–H and O–H groups in total. The van der Waals surface area contributed by atoms with Gasteiger partial charge in [0, 0.05) is 56.7 Å². The standard InChI is InChI=1S/C23H31N5O2/c1-28-13-10-16-15-17(3-8-20(16)22(28)29)21-9-11-25-23(27-21)26-19-6-4-18(5-7-19)24-12-14-30-2/h3,8-9,11,15,18-19,24H,4-7,10,12-14H2,1-2H3,(H,25,26,27). The van der Waals surface area contributed by atoms with Gasteiger partial charge in [-0.2, -0.15) is 0 Å². The van der Waals surface area contributed by atoms with E-state index >= 15 is 0 Å². The Morgan fingerprint density at radius 1 is 1.17 bits per heavy atom. The number of nitrogens with one attached hydrogen (secondary N) is 2. The predicted octanol–water partition coefficient (Wildman–Crippen LogP) is 2.73. The van der Waals surface area contributed by atoms with Gasteiger partial charge in [0.05, 0.1) is 12.3 Å². The molecule has 2 aliphatic rings. The number of likely N-dealkylation sites (N-methyl/N-ethyl adjacent to an activating group) is 1. The van der Waals surface area contributed by atoms with Crippen molar-refractivity contribution in [3.63, 3.8) is 0 Å². The number of methoxy groups -OCH3 is 1. The van der Waals surface area contributed by atoms with Crippen molar-refractivity contribution in [1.82, 2.24) is 20.2 Å². The van der Waals surface area contributed by atoms with Crippen molar-refractivity contribution in [1.29, 1.82) is 0 Å². The first-order valence-corrected chi connectivity index (χ1v) is 10.8. The summed E-state index contributed by atoms with van der Waals surface area (Å²) in [5, 5.41) is 7.08. The summed E-state index contributed by atoms with van der Waals surface area (Å²) >= 11 is 0. The van der Waals surface area contributed by atoms with Crippen LogP contribution < -0.4 is 10.6 Å². The molecule has 1 aliphatic heterocycles. The van der Waals surface area contributed by atoms with E-state index in [9.17, 15) is 4.79 Å². The van der Waals surface area contributed by atoms with Crippen LogP contribution in [0.15, 0.2) is 30.5 Å². The predicted molar refractivity (Wildman–Crippen MR) is 118 cm³/mol. The molecular weight excluding hydrogens is 378 g/mol. The van der Waals surface area contributed by atoms with Crippen molar-refractivity contribution >= 4 is 11.9 Å². The zero-order chi connectivity index (χ0) is 20.9. The minimum absolute atomic E-state index is 0.0974. The fourth-order valence-electron chi connectivity index (χ4n) is 4.34. The second-order valence-electron chi connectivity index (χ2n) is 8.25. The largest absolute Gasteiger partial charge is 0.383 e. The molecule has 1 amide bonds. The van der Waals surface area contributed by atoms with Gasteiger partial charge >= 0.3 is 0 Å². The summed E-state index contributed by atoms with van der Waals surface area (Å²) in [6.07, 6.45) is 7.19. The molecule has 2 aromatic rings. The van der Waals surface area contributed by atoms with Crippen LogP contribution >= 0.6 is 0 Å². The Hall–Kier alpha value is -2.51. The molecule has 7 nitrogen and oxygen atoms in total. The van der Waals surface area contributed by atoms with Crippen LogP contribution in [0.1, 0.15) is 41.6 Å². The number of nitrogens with zero attached hydrogens (tertiary/aromatic N) is 3. The normalized spacial score (nSPS) is 21.4. The highest BCUT2D eigenvalue weighted by Crippen LogP contribution is 2.26. The van der Waals surface area contributed by atoms with Crippen molar-refractivity contribution in [3.8, 4) is 11.3 Å². The number of anilines is 1. The maximum absolute atomic E-state index is 12.3. The number of fused-ring (bicyclic) bond motifs is 1. The fraction of sp³-hybridized carbons (Fsp3) is 0.522. The SMILES string of the molecule is COCCNC1CCC(Nc2nccc(-c3ccc4c(c3)CCN(C)C4=O)n2)CC1. The van der Waals surface area contributed by atoms with Crippen molar-refractivity contribution in [2.24, 2.45) is 0 Å². The zero-order valence-electron chi connectivity index (χ0n) is 17.9. The summed E-state index contributed by atoms with van der Waals surface area (Å²) in [6.45, 7) is 2.42. The summed E-state index contributed by atoms with van der Waals surface area (Å²) in [4.78, 5) is 23.3. The van der Waals surface area contributed by atoms with Crippen LogP contribution in [-0.2, 0) is 11.2 Å². The molecule has 30 heavy (non-hydrogen) atoms. The lowest BCUT2D eigenvalue weighted by atomic mass is 9.91. The summed E-state index contributed by atoms with van der Waals surface area (Å²) < 4.78 is 5.11. The highest BCUT2D eigenvalue weighted by molar-refractivity contribution is 5.97. The topological polar surface area (TPSA) is 79.4 Å². The quantitative estimate of drug-likeness (QED) is 0.685. The van der Waals surface area contributed by atoms with Crippen molar-refractivity contribution in [2.75, 3.05) is 39.2 Å². The van der Waals surface area contributed by atoms with Gasteiger partial charge in [-0.25, -0.2) is 9.97 Å². The Bertz CT molecular complexity index is 880. The average Bonchev–Trinajstić information content (AvgIpc) is 2.78. The van der Waals surface area contributed by atoms with E-state index in [1.165, 1.54) is 0 Å². The lowest BCUT2D eigenvalue weighted by molar-refractivity contribution is 0.0781. The number of carbonyl (C=O) groups excluding carboxylic acids is 1. The molecule has 0 radical (unpaired) electrons. The number of benzene rings is 1. The first kappa shape index (κ1) is 20.8. The Labute approximate surface area is 178 Å². The molecule has 0 bridgehead atoms. The monoisotopic (exact) mass is 409 g/mol. The average molecular weight is 410 g/mol. The van der Waals surface area contributed by atoms with E-state index in [2.05, 4.69) is 21.7 Å². The van der Waals surface area contributed by atoms with Crippen LogP contribution in [0.25, 0.3) is 11.3 Å². The third kappa shape index (κ3) is 4.79. The molecule has 0 spiro atoms. The van der Waals surface area contributed by atoms with Gasteiger partial charge in [0.15, 0.2) is 0 Å². The summed E-state index contributed by atoms with van der Waals surface area (Å²) in [5.74, 6) is 0.775. The molecule has 1 aromatic carbocycles. The Kier molecular flexibility index (Phi) is 6.59. The third-order valence-electron chi connectivity index (χ3n) is 6.15. The summed E-state index contributed by atoms with van der Waals surface area (Å²) in [5.41, 5.74) is 3.82. The Morgan fingerprint density at radius 2 is 1.97 bits per heavy atom. The molecule has 1 aromatic heterocycles. The summed E-state index contributed by atoms with van der Waals surface area (Å²) in [7, 11) is 3.59. The molecule has 1 fully saturated rings. The van der Waals surface area contributed by atoms with Gasteiger partial charge in [-0.05, 0) is 55.9 Å². The number of carbonyl (C=O) groups is 1. The molecule has 1 aliphatic carbocycles. The van der Waals surface area contributed by atoms with Gasteiger partial charge in [-0.1, -0.05) is 6.07 Å². The number of ether oxygens (including phenoxy) is 1. The Morgan fingerprint density at radius 3 is 2.77 bits per heavy atom.